The fraction of sp³-hybridized carbons (Fsp3) is 0.371. The molecule has 0 unspecified atom stereocenters. The molecule has 0 saturated heterocycles. The van der Waals surface area contributed by atoms with Gasteiger partial charge in [-0.2, -0.15) is 0 Å². The molecule has 226 valence electrons. The summed E-state index contributed by atoms with van der Waals surface area (Å²) in [6.45, 7) is 7.88. The SMILES string of the molecule is CCOC(=O)c1c(CCCOc2cccc3cc(F)ccc23)c2ccc(C)c3c2n1CCCCOC/C(N)=C\3C(=N)CC. The Kier molecular flexibility index (Phi) is 9.46. The molecule has 0 aliphatic carbocycles. The number of benzene rings is 3. The lowest BCUT2D eigenvalue weighted by atomic mass is 9.91. The van der Waals surface area contributed by atoms with Crippen LogP contribution in [0.1, 0.15) is 66.7 Å². The minimum Gasteiger partial charge on any atom is -0.493 e. The molecule has 5 rings (SSSR count). The van der Waals surface area contributed by atoms with Gasteiger partial charge >= 0.3 is 5.97 Å². The predicted molar refractivity (Wildman–Crippen MR) is 170 cm³/mol. The Morgan fingerprint density at radius 1 is 1.12 bits per heavy atom. The van der Waals surface area contributed by atoms with Crippen LogP contribution < -0.4 is 10.5 Å². The monoisotopic (exact) mass is 585 g/mol. The van der Waals surface area contributed by atoms with Crippen LogP contribution in [0.2, 0.25) is 0 Å². The van der Waals surface area contributed by atoms with Crippen LogP contribution in [-0.2, 0) is 22.4 Å². The molecule has 1 aliphatic rings. The molecule has 3 N–H and O–H groups in total. The summed E-state index contributed by atoms with van der Waals surface area (Å²) < 4.78 is 33.5. The minimum atomic E-state index is -0.357. The van der Waals surface area contributed by atoms with E-state index < -0.39 is 0 Å². The summed E-state index contributed by atoms with van der Waals surface area (Å²) in [6, 6.07) is 14.4. The van der Waals surface area contributed by atoms with Crippen molar-refractivity contribution in [3.05, 3.63) is 82.4 Å². The number of nitrogens with one attached hydrogen (secondary N) is 1. The lowest BCUT2D eigenvalue weighted by Crippen LogP contribution is -2.16. The summed E-state index contributed by atoms with van der Waals surface area (Å²) in [5.74, 6) is 0.0578. The van der Waals surface area contributed by atoms with E-state index in [9.17, 15) is 9.18 Å². The third-order valence-corrected chi connectivity index (χ3v) is 8.04. The molecule has 2 heterocycles. The Balaban J connectivity index is 1.59. The highest BCUT2D eigenvalue weighted by Gasteiger charge is 2.28. The van der Waals surface area contributed by atoms with E-state index >= 15 is 0 Å². The van der Waals surface area contributed by atoms with Gasteiger partial charge < -0.3 is 29.9 Å². The number of hydrogen-bond acceptors (Lipinski definition) is 6. The van der Waals surface area contributed by atoms with Crippen LogP contribution in [0.15, 0.2) is 54.2 Å². The first-order valence-electron chi connectivity index (χ1n) is 15.1. The lowest BCUT2D eigenvalue weighted by molar-refractivity contribution is 0.0512. The molecule has 1 aromatic heterocycles. The van der Waals surface area contributed by atoms with Gasteiger partial charge in [-0.15, -0.1) is 0 Å². The molecular formula is C35H40FN3O4. The van der Waals surface area contributed by atoms with E-state index in [1.807, 2.05) is 45.0 Å². The molecule has 3 aromatic carbocycles. The Bertz CT molecular complexity index is 1700. The second kappa shape index (κ2) is 13.4. The molecule has 8 heteroatoms. The van der Waals surface area contributed by atoms with Crippen LogP contribution in [0.4, 0.5) is 4.39 Å². The third-order valence-electron chi connectivity index (χ3n) is 8.04. The van der Waals surface area contributed by atoms with Gasteiger partial charge in [0.1, 0.15) is 17.3 Å². The standard InChI is InChI=1S/C35H40FN3O4/c1-4-28(37)32-29(38)21-41-18-7-6-17-39-33-27(15-13-22(3)31(32)33)26(34(39)35(40)42-5-2)11-9-19-43-30-12-8-10-23-20-24(36)14-16-25(23)30/h8,10,12-16,20,37H,4-7,9,11,17-19,21,38H2,1-3H3/b32-29+,37-28?. The number of nitrogens with zero attached hydrogens (tertiary/aromatic N) is 1. The van der Waals surface area contributed by atoms with E-state index in [-0.39, 0.29) is 25.0 Å². The number of fused-ring (bicyclic) bond motifs is 1. The average molecular weight is 586 g/mol. The molecule has 1 aliphatic heterocycles. The first-order chi connectivity index (χ1) is 20.8. The van der Waals surface area contributed by atoms with Crippen molar-refractivity contribution in [2.24, 2.45) is 5.73 Å². The van der Waals surface area contributed by atoms with Crippen molar-refractivity contribution in [1.29, 1.82) is 5.41 Å². The van der Waals surface area contributed by atoms with E-state index in [0.29, 0.717) is 67.4 Å². The number of allylic oxidation sites excluding steroid dienone is 1. The van der Waals surface area contributed by atoms with Gasteiger partial charge in [-0.25, -0.2) is 9.18 Å². The molecule has 0 atom stereocenters. The average Bonchev–Trinajstić information content (AvgIpc) is 3.29. The zero-order chi connectivity index (χ0) is 30.5. The minimum absolute atomic E-state index is 0.254. The van der Waals surface area contributed by atoms with Crippen LogP contribution in [-0.4, -0.2) is 42.7 Å². The molecular weight excluding hydrogens is 545 g/mol. The van der Waals surface area contributed by atoms with Crippen molar-refractivity contribution in [3.63, 3.8) is 0 Å². The maximum atomic E-state index is 13.8. The van der Waals surface area contributed by atoms with Crippen LogP contribution in [0.25, 0.3) is 27.2 Å². The summed E-state index contributed by atoms with van der Waals surface area (Å²) in [5, 5.41) is 11.5. The first-order valence-corrected chi connectivity index (χ1v) is 15.1. The second-order valence-corrected chi connectivity index (χ2v) is 10.9. The normalized spacial score (nSPS) is 15.8. The van der Waals surface area contributed by atoms with Gasteiger partial charge in [0.2, 0.25) is 0 Å². The topological polar surface area (TPSA) is 99.6 Å². The van der Waals surface area contributed by atoms with E-state index in [1.165, 1.54) is 12.1 Å². The number of nitrogens with two attached hydrogens (primary N) is 1. The molecule has 4 aromatic rings. The fourth-order valence-corrected chi connectivity index (χ4v) is 6.04. The molecule has 0 amide bonds. The van der Waals surface area contributed by atoms with Gasteiger partial charge in [0.15, 0.2) is 0 Å². The Morgan fingerprint density at radius 3 is 2.72 bits per heavy atom. The van der Waals surface area contributed by atoms with Gasteiger partial charge in [-0.3, -0.25) is 0 Å². The Morgan fingerprint density at radius 2 is 1.93 bits per heavy atom. The summed E-state index contributed by atoms with van der Waals surface area (Å²) in [7, 11) is 0. The number of hydrogen-bond donors (Lipinski definition) is 2. The molecule has 0 saturated carbocycles. The van der Waals surface area contributed by atoms with Crippen molar-refractivity contribution in [1.82, 2.24) is 4.57 Å². The van der Waals surface area contributed by atoms with Gasteiger partial charge in [-0.1, -0.05) is 31.2 Å². The lowest BCUT2D eigenvalue weighted by Gasteiger charge is -2.18. The van der Waals surface area contributed by atoms with Crippen molar-refractivity contribution in [2.75, 3.05) is 26.4 Å². The van der Waals surface area contributed by atoms with Gasteiger partial charge in [0.05, 0.1) is 25.3 Å². The quantitative estimate of drug-likeness (QED) is 0.122. The summed E-state index contributed by atoms with van der Waals surface area (Å²) in [4.78, 5) is 13.6. The number of halogens is 1. The maximum absolute atomic E-state index is 13.8. The number of aryl methyl sites for hydroxylation is 3. The molecule has 43 heavy (non-hydrogen) atoms. The number of esters is 1. The van der Waals surface area contributed by atoms with Crippen LogP contribution in [0.5, 0.6) is 5.75 Å². The van der Waals surface area contributed by atoms with E-state index in [1.54, 1.807) is 6.07 Å². The number of ether oxygens (including phenoxy) is 3. The van der Waals surface area contributed by atoms with E-state index in [4.69, 9.17) is 25.4 Å². The van der Waals surface area contributed by atoms with Crippen LogP contribution in [0, 0.1) is 18.2 Å². The molecule has 0 fully saturated rings. The zero-order valence-electron chi connectivity index (χ0n) is 25.2. The van der Waals surface area contributed by atoms with E-state index in [2.05, 4.69) is 10.6 Å². The number of carbonyl (C=O) groups is 1. The predicted octanol–water partition coefficient (Wildman–Crippen LogP) is 7.34. The molecule has 0 radical (unpaired) electrons. The van der Waals surface area contributed by atoms with Gasteiger partial charge in [0.25, 0.3) is 0 Å². The second-order valence-electron chi connectivity index (χ2n) is 10.9. The number of rotatable bonds is 9. The largest absolute Gasteiger partial charge is 0.493 e. The summed E-state index contributed by atoms with van der Waals surface area (Å²) in [5.41, 5.74) is 12.5. The maximum Gasteiger partial charge on any atom is 0.355 e. The Hall–Kier alpha value is -4.17. The van der Waals surface area contributed by atoms with Gasteiger partial charge in [-0.05, 0) is 86.7 Å². The highest BCUT2D eigenvalue weighted by atomic mass is 19.1. The van der Waals surface area contributed by atoms with Crippen molar-refractivity contribution in [2.45, 2.75) is 59.4 Å². The van der Waals surface area contributed by atoms with Gasteiger partial charge in [0, 0.05) is 46.5 Å². The molecule has 0 bridgehead atoms. The zero-order valence-corrected chi connectivity index (χ0v) is 25.2. The summed E-state index contributed by atoms with van der Waals surface area (Å²) >= 11 is 0. The van der Waals surface area contributed by atoms with E-state index in [0.717, 1.165) is 51.2 Å². The fourth-order valence-electron chi connectivity index (χ4n) is 6.04. The number of aromatic nitrogens is 1. The van der Waals surface area contributed by atoms with Crippen LogP contribution in [0.3, 0.4) is 0 Å². The van der Waals surface area contributed by atoms with Crippen molar-refractivity contribution >= 4 is 38.9 Å². The first kappa shape index (κ1) is 30.3. The van der Waals surface area contributed by atoms with Crippen molar-refractivity contribution < 1.29 is 23.4 Å². The Labute approximate surface area is 251 Å². The summed E-state index contributed by atoms with van der Waals surface area (Å²) in [6.07, 6.45) is 3.38. The molecule has 0 spiro atoms. The van der Waals surface area contributed by atoms with Crippen LogP contribution >= 0.6 is 0 Å². The smallest absolute Gasteiger partial charge is 0.355 e. The number of carbonyl (C=O) groups excluding carboxylic acids is 1. The third kappa shape index (κ3) is 6.15. The highest BCUT2D eigenvalue weighted by molar-refractivity contribution is 6.26. The molecule has 7 nitrogen and oxygen atoms in total. The highest BCUT2D eigenvalue weighted by Crippen LogP contribution is 2.38. The van der Waals surface area contributed by atoms with Crippen molar-refractivity contribution in [3.8, 4) is 5.75 Å².